The summed E-state index contributed by atoms with van der Waals surface area (Å²) in [5.41, 5.74) is 1.90. The average Bonchev–Trinajstić information content (AvgIpc) is 2.47. The zero-order chi connectivity index (χ0) is 15.2. The van der Waals surface area contributed by atoms with Crippen LogP contribution in [-0.4, -0.2) is 6.54 Å². The predicted molar refractivity (Wildman–Crippen MR) is 87.3 cm³/mol. The average molecular weight is 373 g/mol. The van der Waals surface area contributed by atoms with Crippen LogP contribution < -0.4 is 10.1 Å². The van der Waals surface area contributed by atoms with Gasteiger partial charge in [-0.1, -0.05) is 40.5 Å². The van der Waals surface area contributed by atoms with E-state index in [1.807, 2.05) is 18.2 Å². The van der Waals surface area contributed by atoms with Gasteiger partial charge in [0.25, 0.3) is 0 Å². The van der Waals surface area contributed by atoms with Gasteiger partial charge in [-0.3, -0.25) is 0 Å². The molecular formula is C16H16BrClFNO. The van der Waals surface area contributed by atoms with Crippen molar-refractivity contribution in [3.8, 4) is 5.75 Å². The number of halogens is 3. The zero-order valence-corrected chi connectivity index (χ0v) is 14.0. The highest BCUT2D eigenvalue weighted by atomic mass is 79.9. The molecule has 0 aliphatic carbocycles. The molecule has 0 aliphatic rings. The minimum absolute atomic E-state index is 0.111. The standard InChI is InChI=1S/C16H16BrClFNO/c1-2-20-9-12-8-13(17)4-6-16(12)21-10-11-3-5-15(19)14(18)7-11/h3-8,20H,2,9-10H2,1H3. The molecule has 0 aliphatic heterocycles. The molecule has 0 unspecified atom stereocenters. The largest absolute Gasteiger partial charge is 0.489 e. The van der Waals surface area contributed by atoms with Crippen molar-refractivity contribution in [2.45, 2.75) is 20.1 Å². The molecule has 5 heteroatoms. The van der Waals surface area contributed by atoms with E-state index < -0.39 is 5.82 Å². The summed E-state index contributed by atoms with van der Waals surface area (Å²) in [5.74, 6) is 0.386. The van der Waals surface area contributed by atoms with E-state index in [-0.39, 0.29) is 5.02 Å². The summed E-state index contributed by atoms with van der Waals surface area (Å²) in [5, 5.41) is 3.39. The number of hydrogen-bond donors (Lipinski definition) is 1. The van der Waals surface area contributed by atoms with Crippen molar-refractivity contribution in [1.82, 2.24) is 5.32 Å². The Morgan fingerprint density at radius 2 is 2.05 bits per heavy atom. The minimum Gasteiger partial charge on any atom is -0.489 e. The minimum atomic E-state index is -0.420. The molecule has 0 aromatic heterocycles. The molecule has 21 heavy (non-hydrogen) atoms. The Labute approximate surface area is 137 Å². The Bertz CT molecular complexity index is 621. The van der Waals surface area contributed by atoms with Gasteiger partial charge < -0.3 is 10.1 Å². The Balaban J connectivity index is 2.09. The maximum atomic E-state index is 13.1. The van der Waals surface area contributed by atoms with Crippen LogP contribution in [0.1, 0.15) is 18.1 Å². The molecule has 0 bridgehead atoms. The van der Waals surface area contributed by atoms with Crippen molar-refractivity contribution in [3.05, 3.63) is 62.8 Å². The van der Waals surface area contributed by atoms with Crippen molar-refractivity contribution >= 4 is 27.5 Å². The van der Waals surface area contributed by atoms with Crippen LogP contribution in [0.3, 0.4) is 0 Å². The second kappa shape index (κ2) is 7.78. The van der Waals surface area contributed by atoms with E-state index in [0.29, 0.717) is 6.61 Å². The third-order valence-electron chi connectivity index (χ3n) is 2.97. The van der Waals surface area contributed by atoms with E-state index in [9.17, 15) is 4.39 Å². The van der Waals surface area contributed by atoms with Gasteiger partial charge in [0.2, 0.25) is 0 Å². The lowest BCUT2D eigenvalue weighted by molar-refractivity contribution is 0.302. The van der Waals surface area contributed by atoms with Crippen molar-refractivity contribution in [2.24, 2.45) is 0 Å². The number of benzene rings is 2. The van der Waals surface area contributed by atoms with Gasteiger partial charge in [-0.15, -0.1) is 0 Å². The van der Waals surface area contributed by atoms with Crippen molar-refractivity contribution < 1.29 is 9.13 Å². The van der Waals surface area contributed by atoms with Gasteiger partial charge in [-0.05, 0) is 42.4 Å². The molecule has 112 valence electrons. The number of ether oxygens (including phenoxy) is 1. The smallest absolute Gasteiger partial charge is 0.141 e. The first-order chi connectivity index (χ1) is 10.1. The number of rotatable bonds is 6. The number of nitrogens with one attached hydrogen (secondary N) is 1. The van der Waals surface area contributed by atoms with E-state index in [4.69, 9.17) is 16.3 Å². The van der Waals surface area contributed by atoms with E-state index in [0.717, 1.165) is 34.4 Å². The van der Waals surface area contributed by atoms with E-state index in [2.05, 4.69) is 28.2 Å². The van der Waals surface area contributed by atoms with Crippen LogP contribution in [0.15, 0.2) is 40.9 Å². The SMILES string of the molecule is CCNCc1cc(Br)ccc1OCc1ccc(F)c(Cl)c1. The first-order valence-electron chi connectivity index (χ1n) is 6.66. The van der Waals surface area contributed by atoms with Gasteiger partial charge in [0.15, 0.2) is 0 Å². The summed E-state index contributed by atoms with van der Waals surface area (Å²) in [6.07, 6.45) is 0. The second-order valence-electron chi connectivity index (χ2n) is 4.57. The summed E-state index contributed by atoms with van der Waals surface area (Å²) in [7, 11) is 0. The maximum absolute atomic E-state index is 13.1. The van der Waals surface area contributed by atoms with Gasteiger partial charge in [0.1, 0.15) is 18.2 Å². The van der Waals surface area contributed by atoms with Crippen molar-refractivity contribution in [2.75, 3.05) is 6.54 Å². The molecule has 2 aromatic rings. The van der Waals surface area contributed by atoms with Crippen LogP contribution >= 0.6 is 27.5 Å². The molecule has 0 fully saturated rings. The fourth-order valence-electron chi connectivity index (χ4n) is 1.88. The fraction of sp³-hybridized carbons (Fsp3) is 0.250. The third-order valence-corrected chi connectivity index (χ3v) is 3.75. The molecule has 0 spiro atoms. The van der Waals surface area contributed by atoms with Crippen LogP contribution in [0.25, 0.3) is 0 Å². The van der Waals surface area contributed by atoms with Crippen LogP contribution in [-0.2, 0) is 13.2 Å². The summed E-state index contributed by atoms with van der Waals surface area (Å²) < 4.78 is 20.0. The van der Waals surface area contributed by atoms with Crippen LogP contribution in [0, 0.1) is 5.82 Å². The molecule has 2 rings (SSSR count). The number of hydrogen-bond acceptors (Lipinski definition) is 2. The topological polar surface area (TPSA) is 21.3 Å². The molecule has 0 radical (unpaired) electrons. The van der Waals surface area contributed by atoms with Crippen molar-refractivity contribution in [3.63, 3.8) is 0 Å². The molecule has 0 saturated heterocycles. The Morgan fingerprint density at radius 1 is 1.24 bits per heavy atom. The second-order valence-corrected chi connectivity index (χ2v) is 5.89. The predicted octanol–water partition coefficient (Wildman–Crippen LogP) is 4.93. The lowest BCUT2D eigenvalue weighted by Crippen LogP contribution is -2.13. The van der Waals surface area contributed by atoms with Crippen LogP contribution in [0.5, 0.6) is 5.75 Å². The van der Waals surface area contributed by atoms with E-state index >= 15 is 0 Å². The highest BCUT2D eigenvalue weighted by Gasteiger charge is 2.06. The van der Waals surface area contributed by atoms with Gasteiger partial charge >= 0.3 is 0 Å². The Hall–Kier alpha value is -1.10. The molecule has 1 N–H and O–H groups in total. The van der Waals surface area contributed by atoms with Gasteiger partial charge in [-0.25, -0.2) is 4.39 Å². The quantitative estimate of drug-likeness (QED) is 0.776. The summed E-state index contributed by atoms with van der Waals surface area (Å²) >= 11 is 9.23. The lowest BCUT2D eigenvalue weighted by atomic mass is 10.2. The van der Waals surface area contributed by atoms with E-state index in [1.165, 1.54) is 6.07 Å². The summed E-state index contributed by atoms with van der Waals surface area (Å²) in [6.45, 7) is 4.02. The highest BCUT2D eigenvalue weighted by Crippen LogP contribution is 2.25. The van der Waals surface area contributed by atoms with Crippen molar-refractivity contribution in [1.29, 1.82) is 0 Å². The molecule has 0 amide bonds. The van der Waals surface area contributed by atoms with E-state index in [1.54, 1.807) is 12.1 Å². The van der Waals surface area contributed by atoms with Crippen LogP contribution in [0.4, 0.5) is 4.39 Å². The lowest BCUT2D eigenvalue weighted by Gasteiger charge is -2.13. The third kappa shape index (κ3) is 4.70. The zero-order valence-electron chi connectivity index (χ0n) is 11.6. The molecule has 0 heterocycles. The van der Waals surface area contributed by atoms with Gasteiger partial charge in [0.05, 0.1) is 5.02 Å². The summed E-state index contributed by atoms with van der Waals surface area (Å²) in [4.78, 5) is 0. The fourth-order valence-corrected chi connectivity index (χ4v) is 2.49. The summed E-state index contributed by atoms with van der Waals surface area (Å²) in [6, 6.07) is 10.5. The highest BCUT2D eigenvalue weighted by molar-refractivity contribution is 9.10. The van der Waals surface area contributed by atoms with Gasteiger partial charge in [0, 0.05) is 16.6 Å². The molecule has 0 saturated carbocycles. The molecule has 0 atom stereocenters. The monoisotopic (exact) mass is 371 g/mol. The Kier molecular flexibility index (Phi) is 6.03. The maximum Gasteiger partial charge on any atom is 0.141 e. The molecule has 2 nitrogen and oxygen atoms in total. The first kappa shape index (κ1) is 16.3. The van der Waals surface area contributed by atoms with Crippen LogP contribution in [0.2, 0.25) is 5.02 Å². The molecule has 2 aromatic carbocycles. The Morgan fingerprint density at radius 3 is 2.76 bits per heavy atom. The molecular weight excluding hydrogens is 357 g/mol. The first-order valence-corrected chi connectivity index (χ1v) is 7.83. The van der Waals surface area contributed by atoms with Gasteiger partial charge in [-0.2, -0.15) is 0 Å². The normalized spacial score (nSPS) is 10.7.